The summed E-state index contributed by atoms with van der Waals surface area (Å²) >= 11 is 1.51. The van der Waals surface area contributed by atoms with Crippen molar-refractivity contribution in [2.75, 3.05) is 13.1 Å². The largest absolute Gasteiger partial charge is 0.351 e. The summed E-state index contributed by atoms with van der Waals surface area (Å²) < 4.78 is 1.86. The molecule has 0 aliphatic carbocycles. The molecule has 6 nitrogen and oxygen atoms in total. The Morgan fingerprint density at radius 2 is 2.37 bits per heavy atom. The van der Waals surface area contributed by atoms with Crippen LogP contribution in [0.15, 0.2) is 17.8 Å². The zero-order valence-electron chi connectivity index (χ0n) is 10.1. The van der Waals surface area contributed by atoms with E-state index in [0.29, 0.717) is 25.2 Å². The normalized spacial score (nSPS) is 25.9. The fourth-order valence-corrected chi connectivity index (χ4v) is 3.60. The fourth-order valence-electron chi connectivity index (χ4n) is 2.90. The first kappa shape index (κ1) is 11.0. The highest BCUT2D eigenvalue weighted by Crippen LogP contribution is 2.26. The maximum Gasteiger partial charge on any atom is 0.274 e. The lowest BCUT2D eigenvalue weighted by molar-refractivity contribution is -0.119. The summed E-state index contributed by atoms with van der Waals surface area (Å²) in [6.07, 6.45) is 4.19. The minimum atomic E-state index is -0.0421. The van der Waals surface area contributed by atoms with Gasteiger partial charge in [0.15, 0.2) is 4.96 Å². The van der Waals surface area contributed by atoms with E-state index in [0.717, 1.165) is 4.96 Å². The number of amides is 2. The zero-order chi connectivity index (χ0) is 13.0. The number of hydrogen-bond donors (Lipinski definition) is 1. The zero-order valence-corrected chi connectivity index (χ0v) is 10.9. The Morgan fingerprint density at radius 3 is 3.16 bits per heavy atom. The number of nitrogens with zero attached hydrogens (tertiary/aromatic N) is 3. The summed E-state index contributed by atoms with van der Waals surface area (Å²) in [5.41, 5.74) is 0.484. The van der Waals surface area contributed by atoms with Gasteiger partial charge in [-0.3, -0.25) is 14.0 Å². The molecule has 0 saturated carbocycles. The lowest BCUT2D eigenvalue weighted by Crippen LogP contribution is -2.35. The van der Waals surface area contributed by atoms with Crippen molar-refractivity contribution in [2.24, 2.45) is 5.92 Å². The Kier molecular flexibility index (Phi) is 2.20. The van der Waals surface area contributed by atoms with Crippen molar-refractivity contribution >= 4 is 28.1 Å². The monoisotopic (exact) mass is 276 g/mol. The van der Waals surface area contributed by atoms with Gasteiger partial charge in [-0.15, -0.1) is 11.3 Å². The van der Waals surface area contributed by atoms with E-state index in [4.69, 9.17) is 0 Å². The highest BCUT2D eigenvalue weighted by Gasteiger charge is 2.42. The molecule has 2 saturated heterocycles. The predicted octanol–water partition coefficient (Wildman–Crippen LogP) is 0.356. The number of nitrogens with one attached hydrogen (secondary N) is 1. The first-order valence-electron chi connectivity index (χ1n) is 6.21. The second-order valence-corrected chi connectivity index (χ2v) is 5.94. The maximum atomic E-state index is 12.4. The SMILES string of the molecule is O=C1C[C@H]2CN(C(=O)c3cn4ccsc4n3)C[C@H]2N1. The molecule has 0 aromatic carbocycles. The minimum Gasteiger partial charge on any atom is -0.351 e. The van der Waals surface area contributed by atoms with Crippen LogP contribution in [0, 0.1) is 5.92 Å². The molecule has 4 heterocycles. The number of rotatable bonds is 1. The van der Waals surface area contributed by atoms with Gasteiger partial charge in [0, 0.05) is 43.2 Å². The molecule has 0 spiro atoms. The lowest BCUT2D eigenvalue weighted by atomic mass is 10.1. The van der Waals surface area contributed by atoms with Crippen LogP contribution in [0.25, 0.3) is 4.96 Å². The number of carbonyl (C=O) groups is 2. The van der Waals surface area contributed by atoms with Gasteiger partial charge in [0.1, 0.15) is 5.69 Å². The number of imidazole rings is 1. The number of hydrogen-bond acceptors (Lipinski definition) is 4. The lowest BCUT2D eigenvalue weighted by Gasteiger charge is -2.15. The molecule has 7 heteroatoms. The predicted molar refractivity (Wildman–Crippen MR) is 69.0 cm³/mol. The van der Waals surface area contributed by atoms with Gasteiger partial charge < -0.3 is 10.2 Å². The molecule has 0 bridgehead atoms. The number of aromatic nitrogens is 2. The molecular weight excluding hydrogens is 264 g/mol. The summed E-state index contributed by atoms with van der Waals surface area (Å²) in [6.45, 7) is 1.24. The van der Waals surface area contributed by atoms with Gasteiger partial charge in [-0.2, -0.15) is 0 Å². The standard InChI is InChI=1S/C12H12N4O2S/c17-10-3-7-4-16(5-8(7)13-10)11(18)9-6-15-1-2-19-12(15)14-9/h1-2,6-8H,3-5H2,(H,13,17)/t7-,8+/m0/s1. The fraction of sp³-hybridized carbons (Fsp3) is 0.417. The smallest absolute Gasteiger partial charge is 0.274 e. The van der Waals surface area contributed by atoms with E-state index in [1.54, 1.807) is 11.1 Å². The third-order valence-electron chi connectivity index (χ3n) is 3.83. The topological polar surface area (TPSA) is 66.7 Å². The Morgan fingerprint density at radius 1 is 1.47 bits per heavy atom. The van der Waals surface area contributed by atoms with E-state index >= 15 is 0 Å². The van der Waals surface area contributed by atoms with E-state index in [1.807, 2.05) is 16.0 Å². The molecule has 2 aromatic heterocycles. The van der Waals surface area contributed by atoms with Crippen molar-refractivity contribution in [1.29, 1.82) is 0 Å². The van der Waals surface area contributed by atoms with E-state index in [1.165, 1.54) is 11.3 Å². The van der Waals surface area contributed by atoms with Crippen LogP contribution in [0.2, 0.25) is 0 Å². The molecule has 0 unspecified atom stereocenters. The van der Waals surface area contributed by atoms with Crippen LogP contribution in [0.5, 0.6) is 0 Å². The van der Waals surface area contributed by atoms with Crippen LogP contribution < -0.4 is 5.32 Å². The van der Waals surface area contributed by atoms with Crippen LogP contribution in [0.1, 0.15) is 16.9 Å². The first-order chi connectivity index (χ1) is 9.20. The minimum absolute atomic E-state index is 0.0421. The van der Waals surface area contributed by atoms with Crippen LogP contribution in [-0.4, -0.2) is 45.2 Å². The summed E-state index contributed by atoms with van der Waals surface area (Å²) in [7, 11) is 0. The number of carbonyl (C=O) groups excluding carboxylic acids is 2. The van der Waals surface area contributed by atoms with Crippen molar-refractivity contribution in [3.05, 3.63) is 23.5 Å². The van der Waals surface area contributed by atoms with Crippen molar-refractivity contribution in [3.8, 4) is 0 Å². The van der Waals surface area contributed by atoms with E-state index in [2.05, 4.69) is 10.3 Å². The van der Waals surface area contributed by atoms with Crippen molar-refractivity contribution < 1.29 is 9.59 Å². The van der Waals surface area contributed by atoms with Crippen molar-refractivity contribution in [3.63, 3.8) is 0 Å². The molecule has 2 aliphatic heterocycles. The Labute approximate surface area is 113 Å². The number of likely N-dealkylation sites (tertiary alicyclic amines) is 1. The van der Waals surface area contributed by atoms with Crippen LogP contribution >= 0.6 is 11.3 Å². The van der Waals surface area contributed by atoms with Crippen molar-refractivity contribution in [2.45, 2.75) is 12.5 Å². The molecule has 98 valence electrons. The molecule has 2 atom stereocenters. The van der Waals surface area contributed by atoms with Crippen molar-refractivity contribution in [1.82, 2.24) is 19.6 Å². The van der Waals surface area contributed by atoms with Crippen LogP contribution in [-0.2, 0) is 4.79 Å². The van der Waals surface area contributed by atoms with Gasteiger partial charge in [0.05, 0.1) is 6.04 Å². The van der Waals surface area contributed by atoms with Crippen LogP contribution in [0.3, 0.4) is 0 Å². The third kappa shape index (κ3) is 1.65. The van der Waals surface area contributed by atoms with Gasteiger partial charge in [-0.25, -0.2) is 4.98 Å². The van der Waals surface area contributed by atoms with Gasteiger partial charge in [-0.1, -0.05) is 0 Å². The van der Waals surface area contributed by atoms with E-state index in [-0.39, 0.29) is 23.8 Å². The summed E-state index contributed by atoms with van der Waals surface area (Å²) in [5, 5.41) is 4.85. The molecule has 2 aliphatic rings. The molecule has 19 heavy (non-hydrogen) atoms. The highest BCUT2D eigenvalue weighted by molar-refractivity contribution is 7.15. The van der Waals surface area contributed by atoms with Crippen LogP contribution in [0.4, 0.5) is 0 Å². The first-order valence-corrected chi connectivity index (χ1v) is 7.09. The molecule has 0 radical (unpaired) electrons. The van der Waals surface area contributed by atoms with Gasteiger partial charge >= 0.3 is 0 Å². The summed E-state index contributed by atoms with van der Waals surface area (Å²) in [6, 6.07) is 0.125. The molecule has 1 N–H and O–H groups in total. The summed E-state index contributed by atoms with van der Waals surface area (Å²) in [4.78, 5) is 30.6. The highest BCUT2D eigenvalue weighted by atomic mass is 32.1. The average molecular weight is 276 g/mol. The van der Waals surface area contributed by atoms with Gasteiger partial charge in [-0.05, 0) is 0 Å². The Balaban J connectivity index is 1.55. The average Bonchev–Trinajstić information content (AvgIpc) is 3.03. The van der Waals surface area contributed by atoms with E-state index < -0.39 is 0 Å². The quantitative estimate of drug-likeness (QED) is 0.817. The molecule has 2 fully saturated rings. The third-order valence-corrected chi connectivity index (χ3v) is 4.61. The number of fused-ring (bicyclic) bond motifs is 2. The molecule has 2 aromatic rings. The second kappa shape index (κ2) is 3.80. The molecular formula is C12H12N4O2S. The molecule has 4 rings (SSSR count). The van der Waals surface area contributed by atoms with Gasteiger partial charge in [0.25, 0.3) is 5.91 Å². The second-order valence-electron chi connectivity index (χ2n) is 5.07. The Hall–Kier alpha value is -1.89. The number of thiazole rings is 1. The van der Waals surface area contributed by atoms with E-state index in [9.17, 15) is 9.59 Å². The maximum absolute atomic E-state index is 12.4. The van der Waals surface area contributed by atoms with Gasteiger partial charge in [0.2, 0.25) is 5.91 Å². The molecule has 2 amide bonds. The summed E-state index contributed by atoms with van der Waals surface area (Å²) in [5.74, 6) is 0.323. The Bertz CT molecular complexity index is 632.